The maximum Gasteiger partial charge on any atom is 0.322 e. The molecule has 142 valence electrons. The number of aromatic nitrogens is 1. The van der Waals surface area contributed by atoms with Gasteiger partial charge in [0.05, 0.1) is 12.2 Å². The fourth-order valence-corrected chi connectivity index (χ4v) is 4.01. The van der Waals surface area contributed by atoms with Gasteiger partial charge in [-0.25, -0.2) is 14.2 Å². The van der Waals surface area contributed by atoms with E-state index in [2.05, 4.69) is 15.6 Å². The van der Waals surface area contributed by atoms with Gasteiger partial charge in [0.25, 0.3) is 0 Å². The van der Waals surface area contributed by atoms with Crippen molar-refractivity contribution in [1.82, 2.24) is 15.6 Å². The van der Waals surface area contributed by atoms with Crippen LogP contribution in [0.5, 0.6) is 0 Å². The SMILES string of the molecule is Cc1cc(C)c2c(n1)SCCN2C(=O)NCC(=O)NCc1ccccc1F. The van der Waals surface area contributed by atoms with Crippen LogP contribution in [0.25, 0.3) is 0 Å². The molecule has 1 aromatic carbocycles. The molecule has 0 saturated carbocycles. The van der Waals surface area contributed by atoms with E-state index in [-0.39, 0.29) is 30.8 Å². The average Bonchev–Trinajstić information content (AvgIpc) is 2.64. The summed E-state index contributed by atoms with van der Waals surface area (Å²) < 4.78 is 13.6. The fourth-order valence-electron chi connectivity index (χ4n) is 2.92. The van der Waals surface area contributed by atoms with Crippen molar-refractivity contribution >= 4 is 29.4 Å². The summed E-state index contributed by atoms with van der Waals surface area (Å²) in [5.74, 6) is -0.00464. The van der Waals surface area contributed by atoms with E-state index in [4.69, 9.17) is 0 Å². The molecule has 2 heterocycles. The molecule has 3 amide bonds. The number of fused-ring (bicyclic) bond motifs is 1. The Hall–Kier alpha value is -2.61. The van der Waals surface area contributed by atoms with E-state index in [1.165, 1.54) is 6.07 Å². The van der Waals surface area contributed by atoms with Gasteiger partial charge in [-0.15, -0.1) is 11.8 Å². The van der Waals surface area contributed by atoms with Gasteiger partial charge < -0.3 is 10.6 Å². The predicted octanol–water partition coefficient (Wildman–Crippen LogP) is 2.78. The zero-order valence-corrected chi connectivity index (χ0v) is 16.0. The Morgan fingerprint density at radius 1 is 1.26 bits per heavy atom. The van der Waals surface area contributed by atoms with Gasteiger partial charge in [-0.2, -0.15) is 0 Å². The van der Waals surface area contributed by atoms with Gasteiger partial charge in [0.2, 0.25) is 5.91 Å². The Kier molecular flexibility index (Phi) is 5.95. The van der Waals surface area contributed by atoms with Crippen LogP contribution in [0.15, 0.2) is 35.4 Å². The van der Waals surface area contributed by atoms with Gasteiger partial charge in [-0.3, -0.25) is 9.69 Å². The minimum Gasteiger partial charge on any atom is -0.350 e. The van der Waals surface area contributed by atoms with Crippen LogP contribution in [-0.4, -0.2) is 35.8 Å². The zero-order chi connectivity index (χ0) is 19.4. The van der Waals surface area contributed by atoms with Crippen molar-refractivity contribution in [2.24, 2.45) is 0 Å². The van der Waals surface area contributed by atoms with E-state index in [0.717, 1.165) is 27.7 Å². The van der Waals surface area contributed by atoms with Crippen LogP contribution >= 0.6 is 11.8 Å². The van der Waals surface area contributed by atoms with Crippen LogP contribution in [-0.2, 0) is 11.3 Å². The number of carbonyl (C=O) groups is 2. The summed E-state index contributed by atoms with van der Waals surface area (Å²) >= 11 is 1.62. The third-order valence-electron chi connectivity index (χ3n) is 4.18. The first-order valence-corrected chi connectivity index (χ1v) is 9.61. The molecule has 1 aromatic heterocycles. The molecule has 0 saturated heterocycles. The molecule has 1 aliphatic heterocycles. The number of benzene rings is 1. The van der Waals surface area contributed by atoms with E-state index < -0.39 is 0 Å². The molecule has 0 radical (unpaired) electrons. The second-order valence-electron chi connectivity index (χ2n) is 6.26. The lowest BCUT2D eigenvalue weighted by atomic mass is 10.2. The van der Waals surface area contributed by atoms with E-state index in [1.807, 2.05) is 19.9 Å². The predicted molar refractivity (Wildman–Crippen MR) is 103 cm³/mol. The highest BCUT2D eigenvalue weighted by molar-refractivity contribution is 7.99. The number of amides is 3. The first-order chi connectivity index (χ1) is 13.0. The van der Waals surface area contributed by atoms with E-state index in [9.17, 15) is 14.0 Å². The third kappa shape index (κ3) is 4.57. The van der Waals surface area contributed by atoms with Crippen molar-refractivity contribution in [3.63, 3.8) is 0 Å². The van der Waals surface area contributed by atoms with Crippen molar-refractivity contribution in [2.75, 3.05) is 23.7 Å². The second-order valence-corrected chi connectivity index (χ2v) is 7.34. The molecule has 3 rings (SSSR count). The molecule has 0 aliphatic carbocycles. The fraction of sp³-hybridized carbons (Fsp3) is 0.316. The largest absolute Gasteiger partial charge is 0.350 e. The lowest BCUT2D eigenvalue weighted by molar-refractivity contribution is -0.120. The molecule has 0 spiro atoms. The summed E-state index contributed by atoms with van der Waals surface area (Å²) in [6.45, 7) is 4.32. The Morgan fingerprint density at radius 3 is 2.81 bits per heavy atom. The molecule has 8 heteroatoms. The van der Waals surface area contributed by atoms with Gasteiger partial charge in [0, 0.05) is 30.1 Å². The van der Waals surface area contributed by atoms with Crippen molar-refractivity contribution in [3.8, 4) is 0 Å². The minimum absolute atomic E-state index is 0.0763. The summed E-state index contributed by atoms with van der Waals surface area (Å²) in [6, 6.07) is 7.84. The molecule has 0 atom stereocenters. The van der Waals surface area contributed by atoms with Crippen LogP contribution in [0.4, 0.5) is 14.9 Å². The second kappa shape index (κ2) is 8.39. The van der Waals surface area contributed by atoms with Crippen molar-refractivity contribution in [3.05, 3.63) is 53.0 Å². The molecule has 0 unspecified atom stereocenters. The number of rotatable bonds is 4. The molecule has 6 nitrogen and oxygen atoms in total. The van der Waals surface area contributed by atoms with Gasteiger partial charge in [0.1, 0.15) is 10.8 Å². The standard InChI is InChI=1S/C19H21FN4O2S/c1-12-9-13(2)23-18-17(12)24(7-8-27-18)19(26)22-11-16(25)21-10-14-5-3-4-6-15(14)20/h3-6,9H,7-8,10-11H2,1-2H3,(H,21,25)(H,22,26). The van der Waals surface area contributed by atoms with Gasteiger partial charge in [-0.05, 0) is 31.5 Å². The minimum atomic E-state index is -0.378. The lowest BCUT2D eigenvalue weighted by Gasteiger charge is -2.30. The maximum atomic E-state index is 13.6. The highest BCUT2D eigenvalue weighted by Gasteiger charge is 2.26. The smallest absolute Gasteiger partial charge is 0.322 e. The summed E-state index contributed by atoms with van der Waals surface area (Å²) in [4.78, 5) is 30.7. The Morgan fingerprint density at radius 2 is 2.04 bits per heavy atom. The van der Waals surface area contributed by atoms with Crippen LogP contribution < -0.4 is 15.5 Å². The lowest BCUT2D eigenvalue weighted by Crippen LogP contribution is -2.46. The normalized spacial score (nSPS) is 13.1. The molecule has 0 fully saturated rings. The summed E-state index contributed by atoms with van der Waals surface area (Å²) in [5.41, 5.74) is 3.08. The Balaban J connectivity index is 1.57. The van der Waals surface area contributed by atoms with Crippen LogP contribution in [0.1, 0.15) is 16.8 Å². The Labute approximate surface area is 161 Å². The summed E-state index contributed by atoms with van der Waals surface area (Å²) in [6.07, 6.45) is 0. The number of carbonyl (C=O) groups excluding carboxylic acids is 2. The van der Waals surface area contributed by atoms with Gasteiger partial charge in [0.15, 0.2) is 0 Å². The Bertz CT molecular complexity index is 875. The molecule has 2 aromatic rings. The van der Waals surface area contributed by atoms with Crippen molar-refractivity contribution < 1.29 is 14.0 Å². The number of hydrogen-bond acceptors (Lipinski definition) is 4. The number of aryl methyl sites for hydroxylation is 2. The maximum absolute atomic E-state index is 13.6. The van der Waals surface area contributed by atoms with Gasteiger partial charge in [-0.1, -0.05) is 18.2 Å². The molecular formula is C19H21FN4O2S. The van der Waals surface area contributed by atoms with Crippen molar-refractivity contribution in [2.45, 2.75) is 25.4 Å². The number of nitrogens with one attached hydrogen (secondary N) is 2. The topological polar surface area (TPSA) is 74.3 Å². The highest BCUT2D eigenvalue weighted by atomic mass is 32.2. The van der Waals surface area contributed by atoms with Crippen LogP contribution in [0, 0.1) is 19.7 Å². The van der Waals surface area contributed by atoms with Crippen LogP contribution in [0.3, 0.4) is 0 Å². The van der Waals surface area contributed by atoms with E-state index in [0.29, 0.717) is 12.1 Å². The third-order valence-corrected chi connectivity index (χ3v) is 5.13. The number of urea groups is 1. The number of nitrogens with zero attached hydrogens (tertiary/aromatic N) is 2. The number of pyridine rings is 1. The summed E-state index contributed by atoms with van der Waals surface area (Å²) in [7, 11) is 0. The molecule has 27 heavy (non-hydrogen) atoms. The molecule has 0 bridgehead atoms. The number of anilines is 1. The highest BCUT2D eigenvalue weighted by Crippen LogP contribution is 2.36. The summed E-state index contributed by atoms with van der Waals surface area (Å²) in [5, 5.41) is 6.07. The molecule has 2 N–H and O–H groups in total. The number of hydrogen-bond donors (Lipinski definition) is 2. The number of halogens is 1. The first kappa shape index (κ1) is 19.2. The zero-order valence-electron chi connectivity index (χ0n) is 15.2. The number of thioether (sulfide) groups is 1. The average molecular weight is 388 g/mol. The van der Waals surface area contributed by atoms with Crippen LogP contribution in [0.2, 0.25) is 0 Å². The monoisotopic (exact) mass is 388 g/mol. The first-order valence-electron chi connectivity index (χ1n) is 8.62. The van der Waals surface area contributed by atoms with Crippen molar-refractivity contribution in [1.29, 1.82) is 0 Å². The van der Waals surface area contributed by atoms with E-state index >= 15 is 0 Å². The van der Waals surface area contributed by atoms with E-state index in [1.54, 1.807) is 34.9 Å². The molecular weight excluding hydrogens is 367 g/mol. The quantitative estimate of drug-likeness (QED) is 0.845. The molecule has 1 aliphatic rings. The van der Waals surface area contributed by atoms with Gasteiger partial charge >= 0.3 is 6.03 Å².